The lowest BCUT2D eigenvalue weighted by atomic mass is 9.86. The van der Waals surface area contributed by atoms with Crippen LogP contribution in [0.25, 0.3) is 0 Å². The van der Waals surface area contributed by atoms with Crippen LogP contribution < -0.4 is 0 Å². The first-order chi connectivity index (χ1) is 5.87. The lowest BCUT2D eigenvalue weighted by molar-refractivity contribution is -0.160. The highest BCUT2D eigenvalue weighted by Gasteiger charge is 2.39. The molecule has 4 heteroatoms. The van der Waals surface area contributed by atoms with Crippen molar-refractivity contribution in [1.29, 1.82) is 0 Å². The lowest BCUT2D eigenvalue weighted by Gasteiger charge is -2.26. The second-order valence-electron chi connectivity index (χ2n) is 3.17. The molecular formula is C9H16O4. The molecular weight excluding hydrogens is 172 g/mol. The molecule has 0 spiro atoms. The van der Waals surface area contributed by atoms with Crippen LogP contribution in [0.15, 0.2) is 0 Å². The number of aliphatic hydroxyl groups is 1. The van der Waals surface area contributed by atoms with Crippen LogP contribution in [-0.4, -0.2) is 29.6 Å². The zero-order chi connectivity index (χ0) is 10.6. The van der Waals surface area contributed by atoms with E-state index in [0.717, 1.165) is 0 Å². The van der Waals surface area contributed by atoms with Gasteiger partial charge >= 0.3 is 5.97 Å². The molecule has 0 fully saturated rings. The zero-order valence-corrected chi connectivity index (χ0v) is 8.46. The van der Waals surface area contributed by atoms with Crippen molar-refractivity contribution in [3.63, 3.8) is 0 Å². The molecule has 0 aromatic rings. The summed E-state index contributed by atoms with van der Waals surface area (Å²) in [6.45, 7) is 4.45. The van der Waals surface area contributed by atoms with Gasteiger partial charge in [0.15, 0.2) is 5.78 Å². The highest BCUT2D eigenvalue weighted by molar-refractivity contribution is 5.91. The van der Waals surface area contributed by atoms with Crippen LogP contribution in [0.5, 0.6) is 0 Å². The van der Waals surface area contributed by atoms with Crippen LogP contribution in [-0.2, 0) is 14.3 Å². The van der Waals surface area contributed by atoms with E-state index in [2.05, 4.69) is 4.74 Å². The smallest absolute Gasteiger partial charge is 0.311 e. The Labute approximate surface area is 77.9 Å². The van der Waals surface area contributed by atoms with Gasteiger partial charge in [0.2, 0.25) is 0 Å². The first-order valence-electron chi connectivity index (χ1n) is 4.21. The predicted molar refractivity (Wildman–Crippen MR) is 47.1 cm³/mol. The van der Waals surface area contributed by atoms with Gasteiger partial charge in [0, 0.05) is 6.42 Å². The Balaban J connectivity index is 4.62. The minimum absolute atomic E-state index is 0.203. The van der Waals surface area contributed by atoms with Crippen LogP contribution >= 0.6 is 0 Å². The van der Waals surface area contributed by atoms with Gasteiger partial charge in [-0.3, -0.25) is 9.59 Å². The Bertz CT molecular complexity index is 208. The molecule has 2 unspecified atom stereocenters. The van der Waals surface area contributed by atoms with Gasteiger partial charge in [-0.1, -0.05) is 6.92 Å². The van der Waals surface area contributed by atoms with Crippen molar-refractivity contribution in [2.75, 3.05) is 7.11 Å². The molecule has 0 heterocycles. The quantitative estimate of drug-likeness (QED) is 0.653. The number of carbonyl (C=O) groups excluding carboxylic acids is 2. The van der Waals surface area contributed by atoms with Crippen LogP contribution in [0.1, 0.15) is 27.2 Å². The number of methoxy groups -OCH3 is 1. The molecule has 0 aliphatic heterocycles. The maximum absolute atomic E-state index is 11.2. The second kappa shape index (κ2) is 4.37. The van der Waals surface area contributed by atoms with Crippen molar-refractivity contribution in [1.82, 2.24) is 0 Å². The summed E-state index contributed by atoms with van der Waals surface area (Å²) in [5, 5.41) is 9.70. The number of Topliss-reactive ketones (excluding diaryl/α,β-unsaturated/α-hetero) is 1. The van der Waals surface area contributed by atoms with E-state index in [4.69, 9.17) is 0 Å². The largest absolute Gasteiger partial charge is 0.469 e. The second-order valence-corrected chi connectivity index (χ2v) is 3.17. The summed E-state index contributed by atoms with van der Waals surface area (Å²) >= 11 is 0. The number of hydrogen-bond donors (Lipinski definition) is 1. The minimum atomic E-state index is -1.62. The van der Waals surface area contributed by atoms with Crippen LogP contribution in [0.3, 0.4) is 0 Å². The Morgan fingerprint density at radius 1 is 1.54 bits per heavy atom. The molecule has 0 rings (SSSR count). The maximum Gasteiger partial charge on any atom is 0.311 e. The van der Waals surface area contributed by atoms with Crippen LogP contribution in [0.2, 0.25) is 0 Å². The molecule has 1 N–H and O–H groups in total. The van der Waals surface area contributed by atoms with E-state index in [9.17, 15) is 14.7 Å². The van der Waals surface area contributed by atoms with Gasteiger partial charge in [0.1, 0.15) is 5.60 Å². The molecule has 0 amide bonds. The van der Waals surface area contributed by atoms with E-state index in [1.54, 1.807) is 6.92 Å². The normalized spacial score (nSPS) is 17.3. The summed E-state index contributed by atoms with van der Waals surface area (Å²) in [5.41, 5.74) is -1.62. The fourth-order valence-corrected chi connectivity index (χ4v) is 1.01. The molecule has 0 aromatic carbocycles. The Morgan fingerprint density at radius 3 is 2.31 bits per heavy atom. The van der Waals surface area contributed by atoms with Crippen molar-refractivity contribution >= 4 is 11.8 Å². The van der Waals surface area contributed by atoms with E-state index in [1.165, 1.54) is 21.0 Å². The molecule has 13 heavy (non-hydrogen) atoms. The zero-order valence-electron chi connectivity index (χ0n) is 8.46. The van der Waals surface area contributed by atoms with Crippen molar-refractivity contribution in [2.45, 2.75) is 32.8 Å². The Morgan fingerprint density at radius 2 is 2.00 bits per heavy atom. The summed E-state index contributed by atoms with van der Waals surface area (Å²) in [7, 11) is 1.23. The predicted octanol–water partition coefficient (Wildman–Crippen LogP) is 0.526. The minimum Gasteiger partial charge on any atom is -0.469 e. The van der Waals surface area contributed by atoms with E-state index in [1.807, 2.05) is 0 Å². The molecule has 0 aliphatic rings. The summed E-state index contributed by atoms with van der Waals surface area (Å²) in [5.74, 6) is -1.76. The summed E-state index contributed by atoms with van der Waals surface area (Å²) < 4.78 is 4.44. The fourth-order valence-electron chi connectivity index (χ4n) is 1.01. The van der Waals surface area contributed by atoms with Gasteiger partial charge in [-0.15, -0.1) is 0 Å². The summed E-state index contributed by atoms with van der Waals surface area (Å²) in [6.07, 6.45) is 0.203. The number of ether oxygens (including phenoxy) is 1. The SMILES string of the molecule is CCC(=O)C(C)(O)C(C)C(=O)OC. The van der Waals surface area contributed by atoms with Gasteiger partial charge < -0.3 is 9.84 Å². The van der Waals surface area contributed by atoms with E-state index in [0.29, 0.717) is 0 Å². The van der Waals surface area contributed by atoms with E-state index in [-0.39, 0.29) is 12.2 Å². The first kappa shape index (κ1) is 12.1. The number of ketones is 1. The van der Waals surface area contributed by atoms with Gasteiger partial charge in [-0.25, -0.2) is 0 Å². The molecule has 0 aliphatic carbocycles. The molecule has 0 saturated heterocycles. The third-order valence-electron chi connectivity index (χ3n) is 2.28. The number of carbonyl (C=O) groups is 2. The van der Waals surface area contributed by atoms with Crippen LogP contribution in [0.4, 0.5) is 0 Å². The molecule has 0 radical (unpaired) electrons. The van der Waals surface area contributed by atoms with Gasteiger partial charge in [-0.05, 0) is 13.8 Å². The van der Waals surface area contributed by atoms with E-state index < -0.39 is 17.5 Å². The van der Waals surface area contributed by atoms with Crippen LogP contribution in [0, 0.1) is 5.92 Å². The average Bonchev–Trinajstić information content (AvgIpc) is 2.13. The highest BCUT2D eigenvalue weighted by atomic mass is 16.5. The number of esters is 1. The maximum atomic E-state index is 11.2. The van der Waals surface area contributed by atoms with E-state index >= 15 is 0 Å². The third kappa shape index (κ3) is 2.52. The van der Waals surface area contributed by atoms with Crippen molar-refractivity contribution in [3.8, 4) is 0 Å². The van der Waals surface area contributed by atoms with Crippen molar-refractivity contribution in [3.05, 3.63) is 0 Å². The van der Waals surface area contributed by atoms with Gasteiger partial charge in [0.25, 0.3) is 0 Å². The highest BCUT2D eigenvalue weighted by Crippen LogP contribution is 2.20. The van der Waals surface area contributed by atoms with Gasteiger partial charge in [0.05, 0.1) is 13.0 Å². The summed E-state index contributed by atoms with van der Waals surface area (Å²) in [6, 6.07) is 0. The number of rotatable bonds is 4. The summed E-state index contributed by atoms with van der Waals surface area (Å²) in [4.78, 5) is 22.3. The lowest BCUT2D eigenvalue weighted by Crippen LogP contribution is -2.45. The average molecular weight is 188 g/mol. The molecule has 76 valence electrons. The molecule has 0 aromatic heterocycles. The first-order valence-corrected chi connectivity index (χ1v) is 4.21. The topological polar surface area (TPSA) is 63.6 Å². The standard InChI is InChI=1S/C9H16O4/c1-5-7(10)9(3,12)6(2)8(11)13-4/h6,12H,5H2,1-4H3. The molecule has 0 bridgehead atoms. The molecule has 2 atom stereocenters. The van der Waals surface area contributed by atoms with Gasteiger partial charge in [-0.2, -0.15) is 0 Å². The number of hydrogen-bond acceptors (Lipinski definition) is 4. The van der Waals surface area contributed by atoms with Crippen molar-refractivity contribution in [2.24, 2.45) is 5.92 Å². The molecule has 0 saturated carbocycles. The fraction of sp³-hybridized carbons (Fsp3) is 0.778. The third-order valence-corrected chi connectivity index (χ3v) is 2.28. The molecule has 4 nitrogen and oxygen atoms in total. The Hall–Kier alpha value is -0.900. The van der Waals surface area contributed by atoms with Crippen molar-refractivity contribution < 1.29 is 19.4 Å². The monoisotopic (exact) mass is 188 g/mol. The Kier molecular flexibility index (Phi) is 4.07.